The van der Waals surface area contributed by atoms with E-state index in [4.69, 9.17) is 10.5 Å². The number of nitrogens with one attached hydrogen (secondary N) is 2. The summed E-state index contributed by atoms with van der Waals surface area (Å²) in [6.07, 6.45) is 1.53. The quantitative estimate of drug-likeness (QED) is 0.595. The molecule has 0 saturated carbocycles. The predicted molar refractivity (Wildman–Crippen MR) is 74.1 cm³/mol. The summed E-state index contributed by atoms with van der Waals surface area (Å²) in [5.41, 5.74) is 5.24. The lowest BCUT2D eigenvalue weighted by molar-refractivity contribution is 0.181. The molecule has 0 aliphatic carbocycles. The number of methoxy groups -OCH3 is 1. The van der Waals surface area contributed by atoms with Gasteiger partial charge in [0.05, 0.1) is 25.0 Å². The summed E-state index contributed by atoms with van der Waals surface area (Å²) >= 11 is 3.22. The molecule has 1 aromatic heterocycles. The number of nitrogens with zero attached hydrogens (tertiary/aromatic N) is 2. The van der Waals surface area contributed by atoms with Gasteiger partial charge in [0.15, 0.2) is 0 Å². The molecule has 2 amide bonds. The molecule has 0 bridgehead atoms. The zero-order valence-corrected chi connectivity index (χ0v) is 12.1. The summed E-state index contributed by atoms with van der Waals surface area (Å²) in [6, 6.07) is -0.589. The van der Waals surface area contributed by atoms with E-state index in [1.54, 1.807) is 7.11 Å². The fraction of sp³-hybridized carbons (Fsp3) is 0.500. The predicted octanol–water partition coefficient (Wildman–Crippen LogP) is -0.268. The monoisotopic (exact) mass is 333 g/mol. The second-order valence-corrected chi connectivity index (χ2v) is 4.40. The van der Waals surface area contributed by atoms with E-state index in [0.717, 1.165) is 0 Å². The Morgan fingerprint density at radius 1 is 1.58 bits per heavy atom. The van der Waals surface area contributed by atoms with Crippen LogP contribution in [0.25, 0.3) is 0 Å². The smallest absolute Gasteiger partial charge is 0.312 e. The molecule has 0 radical (unpaired) electrons. The average Bonchev–Trinajstić information content (AvgIpc) is 2.38. The molecule has 1 rings (SSSR count). The number of carbonyl (C=O) groups excluding carboxylic acids is 1. The third kappa shape index (κ3) is 4.87. The molecule has 1 heterocycles. The number of hydrogen-bond acceptors (Lipinski definition) is 5. The van der Waals surface area contributed by atoms with Crippen LogP contribution in [-0.2, 0) is 11.3 Å². The molecule has 106 valence electrons. The maximum atomic E-state index is 11.9. The molecule has 0 aromatic carbocycles. The summed E-state index contributed by atoms with van der Waals surface area (Å²) in [6.45, 7) is 1.59. The van der Waals surface area contributed by atoms with Gasteiger partial charge in [0.2, 0.25) is 0 Å². The molecule has 4 N–H and O–H groups in total. The first-order valence-electron chi connectivity index (χ1n) is 5.58. The Kier molecular flexibility index (Phi) is 6.30. The van der Waals surface area contributed by atoms with E-state index >= 15 is 0 Å². The summed E-state index contributed by atoms with van der Waals surface area (Å²) in [4.78, 5) is 22.4. The van der Waals surface area contributed by atoms with Crippen LogP contribution in [0, 0.1) is 0 Å². The number of hydrogen-bond donors (Lipinski definition) is 3. The molecular weight excluding hydrogens is 318 g/mol. The van der Waals surface area contributed by atoms with Crippen molar-refractivity contribution < 1.29 is 9.53 Å². The number of amides is 2. The van der Waals surface area contributed by atoms with Crippen molar-refractivity contribution in [1.82, 2.24) is 15.1 Å². The van der Waals surface area contributed by atoms with Crippen LogP contribution in [0.4, 0.5) is 10.5 Å². The highest BCUT2D eigenvalue weighted by molar-refractivity contribution is 9.10. The van der Waals surface area contributed by atoms with Crippen LogP contribution in [0.1, 0.15) is 0 Å². The first-order chi connectivity index (χ1) is 9.06. The van der Waals surface area contributed by atoms with Crippen LogP contribution in [-0.4, -0.2) is 42.6 Å². The van der Waals surface area contributed by atoms with E-state index in [1.165, 1.54) is 10.9 Å². The van der Waals surface area contributed by atoms with E-state index in [2.05, 4.69) is 31.7 Å². The average molecular weight is 334 g/mol. The van der Waals surface area contributed by atoms with Gasteiger partial charge in [-0.25, -0.2) is 9.48 Å². The molecule has 0 unspecified atom stereocenters. The Balaban J connectivity index is 2.63. The molecule has 0 atom stereocenters. The van der Waals surface area contributed by atoms with Crippen LogP contribution in [0.2, 0.25) is 0 Å². The van der Waals surface area contributed by atoms with Crippen molar-refractivity contribution in [3.63, 3.8) is 0 Å². The number of nitrogens with two attached hydrogens (primary N) is 1. The maximum Gasteiger partial charge on any atom is 0.312 e. The SMILES string of the molecule is COCCn1ncc(NCCNC(N)=O)c(Br)c1=O. The summed E-state index contributed by atoms with van der Waals surface area (Å²) in [5.74, 6) is 0. The van der Waals surface area contributed by atoms with Crippen molar-refractivity contribution in [2.24, 2.45) is 5.73 Å². The van der Waals surface area contributed by atoms with Gasteiger partial charge in [-0.1, -0.05) is 0 Å². The van der Waals surface area contributed by atoms with Crippen LogP contribution in [0.5, 0.6) is 0 Å². The Bertz CT molecular complexity index is 491. The van der Waals surface area contributed by atoms with Gasteiger partial charge in [-0.3, -0.25) is 4.79 Å². The largest absolute Gasteiger partial charge is 0.383 e. The standard InChI is InChI=1S/C10H16BrN5O3/c1-19-5-4-16-9(17)8(11)7(6-15-16)13-2-3-14-10(12)18/h6,13H,2-5H2,1H3,(H3,12,14,18). The van der Waals surface area contributed by atoms with Gasteiger partial charge in [-0.15, -0.1) is 0 Å². The maximum absolute atomic E-state index is 11.9. The third-order valence-electron chi connectivity index (χ3n) is 2.23. The van der Waals surface area contributed by atoms with Crippen molar-refractivity contribution in [1.29, 1.82) is 0 Å². The summed E-state index contributed by atoms with van der Waals surface area (Å²) in [5, 5.41) is 9.41. The van der Waals surface area contributed by atoms with Crippen molar-refractivity contribution >= 4 is 27.6 Å². The second-order valence-electron chi connectivity index (χ2n) is 3.61. The molecule has 0 spiro atoms. The van der Waals surface area contributed by atoms with E-state index in [0.29, 0.717) is 36.4 Å². The lowest BCUT2D eigenvalue weighted by Gasteiger charge is -2.10. The zero-order valence-electron chi connectivity index (χ0n) is 10.5. The lowest BCUT2D eigenvalue weighted by Crippen LogP contribution is -2.33. The Hall–Kier alpha value is -1.61. The number of carbonyl (C=O) groups is 1. The van der Waals surface area contributed by atoms with Gasteiger partial charge < -0.3 is 21.1 Å². The van der Waals surface area contributed by atoms with Gasteiger partial charge >= 0.3 is 6.03 Å². The highest BCUT2D eigenvalue weighted by Gasteiger charge is 2.08. The molecule has 0 aliphatic rings. The van der Waals surface area contributed by atoms with Gasteiger partial charge in [-0.2, -0.15) is 5.10 Å². The van der Waals surface area contributed by atoms with Crippen molar-refractivity contribution in [2.45, 2.75) is 6.54 Å². The number of halogens is 1. The molecule has 9 heteroatoms. The molecule has 0 fully saturated rings. The van der Waals surface area contributed by atoms with Crippen molar-refractivity contribution in [3.8, 4) is 0 Å². The van der Waals surface area contributed by atoms with Gasteiger partial charge in [0.25, 0.3) is 5.56 Å². The fourth-order valence-electron chi connectivity index (χ4n) is 1.31. The van der Waals surface area contributed by atoms with Crippen molar-refractivity contribution in [2.75, 3.05) is 32.1 Å². The van der Waals surface area contributed by atoms with Crippen LogP contribution >= 0.6 is 15.9 Å². The van der Waals surface area contributed by atoms with E-state index in [1.807, 2.05) is 0 Å². The Morgan fingerprint density at radius 2 is 2.32 bits per heavy atom. The first kappa shape index (κ1) is 15.4. The molecule has 1 aromatic rings. The molecule has 0 aliphatic heterocycles. The minimum Gasteiger partial charge on any atom is -0.383 e. The summed E-state index contributed by atoms with van der Waals surface area (Å²) in [7, 11) is 1.56. The minimum atomic E-state index is -0.589. The Labute approximate surface area is 118 Å². The zero-order chi connectivity index (χ0) is 14.3. The third-order valence-corrected chi connectivity index (χ3v) is 3.00. The number of anilines is 1. The van der Waals surface area contributed by atoms with Crippen LogP contribution in [0.15, 0.2) is 15.5 Å². The van der Waals surface area contributed by atoms with Gasteiger partial charge in [0, 0.05) is 20.2 Å². The molecule has 0 saturated heterocycles. The van der Waals surface area contributed by atoms with E-state index < -0.39 is 6.03 Å². The number of urea groups is 1. The second kappa shape index (κ2) is 7.74. The Morgan fingerprint density at radius 3 is 2.95 bits per heavy atom. The van der Waals surface area contributed by atoms with Crippen LogP contribution < -0.4 is 21.9 Å². The van der Waals surface area contributed by atoms with Crippen molar-refractivity contribution in [3.05, 3.63) is 21.0 Å². The molecule has 19 heavy (non-hydrogen) atoms. The number of rotatable bonds is 7. The van der Waals surface area contributed by atoms with Gasteiger partial charge in [0.1, 0.15) is 4.47 Å². The highest BCUT2D eigenvalue weighted by atomic mass is 79.9. The number of primary amides is 1. The van der Waals surface area contributed by atoms with Crippen LogP contribution in [0.3, 0.4) is 0 Å². The topological polar surface area (TPSA) is 111 Å². The fourth-order valence-corrected chi connectivity index (χ4v) is 1.76. The molecule has 8 nitrogen and oxygen atoms in total. The number of aromatic nitrogens is 2. The highest BCUT2D eigenvalue weighted by Crippen LogP contribution is 2.15. The lowest BCUT2D eigenvalue weighted by atomic mass is 10.4. The number of ether oxygens (including phenoxy) is 1. The minimum absolute atomic E-state index is 0.245. The normalized spacial score (nSPS) is 10.2. The first-order valence-corrected chi connectivity index (χ1v) is 6.37. The summed E-state index contributed by atoms with van der Waals surface area (Å²) < 4.78 is 6.58. The van der Waals surface area contributed by atoms with E-state index in [-0.39, 0.29) is 5.56 Å². The molecular formula is C10H16BrN5O3. The van der Waals surface area contributed by atoms with E-state index in [9.17, 15) is 9.59 Å². The van der Waals surface area contributed by atoms with Gasteiger partial charge in [-0.05, 0) is 15.9 Å².